The normalized spacial score (nSPS) is 13.7. The first-order chi connectivity index (χ1) is 65.9. The summed E-state index contributed by atoms with van der Waals surface area (Å²) in [6.07, 6.45) is 31.0. The maximum Gasteiger partial charge on any atom is 0.278 e. The quantitative estimate of drug-likeness (QED) is 0.0272. The Morgan fingerprint density at radius 3 is 1.38 bits per heavy atom. The molecule has 0 spiro atoms. The zero-order valence-electron chi connectivity index (χ0n) is 78.0. The van der Waals surface area contributed by atoms with Gasteiger partial charge in [-0.05, 0) is 183 Å². The summed E-state index contributed by atoms with van der Waals surface area (Å²) in [6.45, 7) is 4.43. The Morgan fingerprint density at radius 1 is 0.449 bits per heavy atom. The third-order valence-electron chi connectivity index (χ3n) is 23.6. The highest BCUT2D eigenvalue weighted by atomic mass is 32.2. The van der Waals surface area contributed by atoms with Gasteiger partial charge in [-0.1, -0.05) is 36.4 Å². The molecule has 7 aromatic heterocycles. The highest BCUT2D eigenvalue weighted by Crippen LogP contribution is 2.42. The minimum Gasteiger partial charge on any atom is -0.497 e. The molecular formula is C101H112N22O11S2. The number of ether oxygens (including phenoxy) is 6. The van der Waals surface area contributed by atoms with Gasteiger partial charge in [0.15, 0.2) is 0 Å². The number of fused-ring (bicyclic) bond motifs is 4. The lowest BCUT2D eigenvalue weighted by Crippen LogP contribution is -2.37. The monoisotopic (exact) mass is 1870 g/mol. The van der Waals surface area contributed by atoms with Gasteiger partial charge in [-0.3, -0.25) is 34.2 Å². The first-order valence-electron chi connectivity index (χ1n) is 45.1. The van der Waals surface area contributed by atoms with E-state index in [0.717, 1.165) is 156 Å². The second-order valence-corrected chi connectivity index (χ2v) is 37.6. The van der Waals surface area contributed by atoms with Crippen molar-refractivity contribution in [3.8, 4) is 73.6 Å². The van der Waals surface area contributed by atoms with Crippen molar-refractivity contribution in [2.75, 3.05) is 128 Å². The molecule has 136 heavy (non-hydrogen) atoms. The molecule has 3 aliphatic rings. The molecule has 3 fully saturated rings. The van der Waals surface area contributed by atoms with E-state index in [-0.39, 0.29) is 18.7 Å². The number of aromatic amines is 1. The molecule has 1 unspecified atom stereocenters. The highest BCUT2D eigenvalue weighted by molar-refractivity contribution is 7.88. The number of H-pyrrole nitrogens is 1. The Bertz CT molecular complexity index is 7030. The molecule has 1 amide bonds. The number of carbonyl (C=O) groups excluding carboxylic acids is 1. The van der Waals surface area contributed by atoms with Crippen LogP contribution < -0.4 is 58.0 Å². The zero-order chi connectivity index (χ0) is 95.0. The Balaban J connectivity index is 0.000000132. The van der Waals surface area contributed by atoms with Crippen molar-refractivity contribution >= 4 is 116 Å². The number of rotatable bonds is 34. The Hall–Kier alpha value is -14.5. The lowest BCUT2D eigenvalue weighted by Gasteiger charge is -2.26. The molecule has 8 heterocycles. The average Bonchev–Trinajstić information content (AvgIpc) is 1.43. The second-order valence-electron chi connectivity index (χ2n) is 33.8. The predicted octanol–water partition coefficient (Wildman–Crippen LogP) is 17.0. The molecule has 19 rings (SSSR count). The second kappa shape index (κ2) is 43.2. The van der Waals surface area contributed by atoms with Crippen LogP contribution in [0.5, 0.6) is 28.7 Å². The average molecular weight is 1870 g/mol. The molecular weight excluding hydrogens is 1760 g/mol. The van der Waals surface area contributed by atoms with Crippen LogP contribution in [0.15, 0.2) is 244 Å². The van der Waals surface area contributed by atoms with E-state index in [1.165, 1.54) is 73.9 Å². The van der Waals surface area contributed by atoms with Crippen molar-refractivity contribution in [3.05, 3.63) is 250 Å². The molecule has 9 aromatic carbocycles. The van der Waals surface area contributed by atoms with Crippen LogP contribution in [0.25, 0.3) is 88.8 Å². The lowest BCUT2D eigenvalue weighted by molar-refractivity contribution is -0.0394. The SMILES string of the molecule is CNC(=O)c1cc(OC)cc(N(CC2CC2)c2ccc3ncc(-c4cn[nH]c4)nc3c2)c1.COc1cc(OC)cc(N(CCCNS(=O)(=O)N(C)C)c2ccc3ncc(-c4cnn(C)c4)nc3c2)c1.COc1cc(OC)cc(N(CCCNS(C)(=O)=O)c2ccc3ncc(-c4cnn(C)c4)nc3c2)c1.c1ccc(N(CC2CC2)c2ccc3ccc(-c4cnn(C5CCCCO5)c4)cc3c2)cc1. The largest absolute Gasteiger partial charge is 0.497 e. The highest BCUT2D eigenvalue weighted by Gasteiger charge is 2.29. The summed E-state index contributed by atoms with van der Waals surface area (Å²) < 4.78 is 92.3. The number of methoxy groups -OCH3 is 5. The van der Waals surface area contributed by atoms with Crippen LogP contribution in [-0.4, -0.2) is 205 Å². The van der Waals surface area contributed by atoms with Gasteiger partial charge in [0.05, 0.1) is 135 Å². The fourth-order valence-electron chi connectivity index (χ4n) is 15.9. The fourth-order valence-corrected chi connectivity index (χ4v) is 17.1. The van der Waals surface area contributed by atoms with E-state index in [0.29, 0.717) is 72.7 Å². The third kappa shape index (κ3) is 24.2. The van der Waals surface area contributed by atoms with Gasteiger partial charge in [0.1, 0.15) is 35.0 Å². The van der Waals surface area contributed by atoms with Crippen LogP contribution in [0.3, 0.4) is 0 Å². The summed E-state index contributed by atoms with van der Waals surface area (Å²) in [5.41, 5.74) is 20.3. The van der Waals surface area contributed by atoms with Crippen molar-refractivity contribution in [1.82, 2.24) is 88.5 Å². The molecule has 4 N–H and O–H groups in total. The number of para-hydroxylation sites is 1. The van der Waals surface area contributed by atoms with Gasteiger partial charge >= 0.3 is 0 Å². The van der Waals surface area contributed by atoms with Gasteiger partial charge in [-0.2, -0.15) is 33.1 Å². The number of amides is 1. The number of hydrogen-bond acceptors (Lipinski definition) is 25. The molecule has 1 saturated heterocycles. The van der Waals surface area contributed by atoms with Crippen molar-refractivity contribution in [2.24, 2.45) is 25.9 Å². The molecule has 0 radical (unpaired) electrons. The Labute approximate surface area is 791 Å². The smallest absolute Gasteiger partial charge is 0.278 e. The van der Waals surface area contributed by atoms with Crippen molar-refractivity contribution in [3.63, 3.8) is 0 Å². The number of hydrogen-bond donors (Lipinski definition) is 4. The number of benzene rings is 9. The molecule has 2 aliphatic carbocycles. The maximum absolute atomic E-state index is 12.3. The maximum atomic E-state index is 12.3. The van der Waals surface area contributed by atoms with Crippen LogP contribution in [0, 0.1) is 11.8 Å². The van der Waals surface area contributed by atoms with Gasteiger partial charge in [0.25, 0.3) is 16.1 Å². The Kier molecular flexibility index (Phi) is 30.1. The summed E-state index contributed by atoms with van der Waals surface area (Å²) in [4.78, 5) is 49.3. The van der Waals surface area contributed by atoms with Crippen LogP contribution in [0.2, 0.25) is 0 Å². The summed E-state index contributed by atoms with van der Waals surface area (Å²) in [5, 5.41) is 25.1. The van der Waals surface area contributed by atoms with E-state index in [1.54, 1.807) is 114 Å². The lowest BCUT2D eigenvalue weighted by atomic mass is 10.0. The summed E-state index contributed by atoms with van der Waals surface area (Å²) in [6, 6.07) is 59.0. The van der Waals surface area contributed by atoms with Crippen LogP contribution in [0.4, 0.5) is 45.5 Å². The molecule has 1 aliphatic heterocycles. The molecule has 704 valence electrons. The predicted molar refractivity (Wildman–Crippen MR) is 533 cm³/mol. The number of anilines is 8. The van der Waals surface area contributed by atoms with E-state index in [4.69, 9.17) is 43.4 Å². The third-order valence-corrected chi connectivity index (χ3v) is 25.9. The first kappa shape index (κ1) is 94.7. The van der Waals surface area contributed by atoms with Gasteiger partial charge in [-0.15, -0.1) is 0 Å². The topological polar surface area (TPSA) is 352 Å². The molecule has 0 bridgehead atoms. The molecule has 35 heteroatoms. The van der Waals surface area contributed by atoms with Crippen molar-refractivity contribution in [2.45, 2.75) is 64.0 Å². The zero-order valence-corrected chi connectivity index (χ0v) is 79.6. The fraction of sp³-hybridized carbons (Fsp3) is 0.297. The van der Waals surface area contributed by atoms with E-state index < -0.39 is 20.2 Å². The van der Waals surface area contributed by atoms with Gasteiger partial charge in [-0.25, -0.2) is 37.5 Å². The number of nitrogens with one attached hydrogen (secondary N) is 4. The summed E-state index contributed by atoms with van der Waals surface area (Å²) in [5.74, 6) is 4.53. The minimum absolute atomic E-state index is 0.0754. The number of nitrogens with zero attached hydrogens (tertiary/aromatic N) is 18. The van der Waals surface area contributed by atoms with Crippen LogP contribution in [0.1, 0.15) is 74.4 Å². The van der Waals surface area contributed by atoms with Crippen molar-refractivity contribution < 1.29 is 50.1 Å². The summed E-state index contributed by atoms with van der Waals surface area (Å²) >= 11 is 0. The summed E-state index contributed by atoms with van der Waals surface area (Å²) in [7, 11) is 9.58. The number of sulfonamides is 1. The molecule has 16 aromatic rings. The number of aromatic nitrogens is 14. The van der Waals surface area contributed by atoms with Gasteiger partial charge < -0.3 is 53.3 Å². The van der Waals surface area contributed by atoms with E-state index in [9.17, 15) is 21.6 Å². The molecule has 33 nitrogen and oxygen atoms in total. The standard InChI is InChI=1S/C28H29N3O.C25H31N7O4S.C24H28N6O4S.C24H24N6O2/c1-2-6-26(7-3-1)30(19-21-9-10-21)27-14-13-22-11-12-23(16-24(22)17-27)25-18-29-31(20-25)28-8-4-5-15-32-28;1-30(2)37(33,34)28-9-6-10-32(20-11-21(35-4)14-22(12-20)36-5)19-7-8-23-24(13-19)29-25(16-26-23)18-15-27-31(3)17-18;1-29-16-17(14-26-29)24-15-25-22-7-6-18(12-23(22)28-24)30(9-5-8-27-35(4,31)32)19-10-20(33-2)13-21(11-19)34-3;1-25-24(31)16-7-19(9-20(8-16)32-2)30(14-15-3-4-15)18-5-6-21-22(10-18)29-23(13-26-21)17-11-27-28-12-17/h1-3,6-7,11-14,16-18,20-21,28H,4-5,8-10,15,19H2;7-8,11-17,28H,6,9-10H2,1-5H3;6-7,10-16,27H,5,8-9H2,1-4H3;5-13,15H,3-4,14H2,1-2H3,(H,25,31)(H,27,28). The number of aryl methyl sites for hydroxylation is 2. The number of carbonyl (C=O) groups is 1. The molecule has 2 saturated carbocycles. The van der Waals surface area contributed by atoms with E-state index in [1.807, 2.05) is 122 Å². The van der Waals surface area contributed by atoms with Crippen LogP contribution in [-0.2, 0) is 39.1 Å². The van der Waals surface area contributed by atoms with Gasteiger partial charge in [0, 0.05) is 222 Å². The van der Waals surface area contributed by atoms with E-state index >= 15 is 0 Å². The van der Waals surface area contributed by atoms with E-state index in [2.05, 4.69) is 154 Å². The first-order valence-corrected chi connectivity index (χ1v) is 48.4. The van der Waals surface area contributed by atoms with Crippen molar-refractivity contribution in [1.29, 1.82) is 0 Å². The molecule has 1 atom stereocenters. The van der Waals surface area contributed by atoms with Gasteiger partial charge in [0.2, 0.25) is 10.0 Å². The minimum atomic E-state index is -3.51. The Morgan fingerprint density at radius 2 is 0.919 bits per heavy atom. The van der Waals surface area contributed by atoms with Crippen LogP contribution >= 0.6 is 0 Å².